The molecule has 4 heteroatoms. The molecule has 0 aliphatic carbocycles. The summed E-state index contributed by atoms with van der Waals surface area (Å²) in [6.07, 6.45) is 0. The van der Waals surface area contributed by atoms with E-state index in [1.54, 1.807) is 7.11 Å². The third-order valence-electron chi connectivity index (χ3n) is 3.50. The summed E-state index contributed by atoms with van der Waals surface area (Å²) in [5, 5.41) is 13.7. The number of hydrogen-bond acceptors (Lipinski definition) is 3. The lowest BCUT2D eigenvalue weighted by molar-refractivity contribution is 0.222. The summed E-state index contributed by atoms with van der Waals surface area (Å²) in [4.78, 5) is 0. The summed E-state index contributed by atoms with van der Waals surface area (Å²) in [5.41, 5.74) is 2.08. The summed E-state index contributed by atoms with van der Waals surface area (Å²) in [6, 6.07) is 15.5. The monoisotopic (exact) mass is 305 g/mol. The number of halogens is 1. The van der Waals surface area contributed by atoms with Gasteiger partial charge in [0.1, 0.15) is 5.75 Å². The smallest absolute Gasteiger partial charge is 0.119 e. The van der Waals surface area contributed by atoms with Crippen LogP contribution >= 0.6 is 11.6 Å². The minimum atomic E-state index is 0.0145. The molecule has 2 unspecified atom stereocenters. The molecule has 0 amide bonds. The van der Waals surface area contributed by atoms with Crippen LogP contribution in [0.25, 0.3) is 0 Å². The molecule has 112 valence electrons. The predicted molar refractivity (Wildman–Crippen MR) is 87.1 cm³/mol. The van der Waals surface area contributed by atoms with Crippen LogP contribution in [0, 0.1) is 5.92 Å². The van der Waals surface area contributed by atoms with Crippen molar-refractivity contribution in [1.82, 2.24) is 0 Å². The molecule has 0 heterocycles. The lowest BCUT2D eigenvalue weighted by Crippen LogP contribution is -2.21. The summed E-state index contributed by atoms with van der Waals surface area (Å²) in [6.45, 7) is 2.12. The van der Waals surface area contributed by atoms with E-state index in [4.69, 9.17) is 16.3 Å². The Labute approximate surface area is 130 Å². The van der Waals surface area contributed by atoms with Crippen LogP contribution in [0.1, 0.15) is 18.5 Å². The van der Waals surface area contributed by atoms with E-state index < -0.39 is 0 Å². The molecule has 0 spiro atoms. The topological polar surface area (TPSA) is 41.5 Å². The molecule has 0 aromatic heterocycles. The molecule has 2 N–H and O–H groups in total. The largest absolute Gasteiger partial charge is 0.497 e. The average molecular weight is 306 g/mol. The number of rotatable bonds is 6. The van der Waals surface area contributed by atoms with Crippen molar-refractivity contribution in [3.63, 3.8) is 0 Å². The van der Waals surface area contributed by atoms with E-state index in [-0.39, 0.29) is 18.6 Å². The second kappa shape index (κ2) is 7.34. The van der Waals surface area contributed by atoms with E-state index >= 15 is 0 Å². The first-order valence-corrected chi connectivity index (χ1v) is 7.28. The highest BCUT2D eigenvalue weighted by Crippen LogP contribution is 2.28. The zero-order valence-corrected chi connectivity index (χ0v) is 13.0. The van der Waals surface area contributed by atoms with Gasteiger partial charge in [0.05, 0.1) is 13.2 Å². The molecule has 3 nitrogen and oxygen atoms in total. The first-order valence-electron chi connectivity index (χ1n) is 6.91. The van der Waals surface area contributed by atoms with Crippen molar-refractivity contribution in [1.29, 1.82) is 0 Å². The molecule has 0 fully saturated rings. The van der Waals surface area contributed by atoms with Crippen molar-refractivity contribution in [3.8, 4) is 5.75 Å². The zero-order valence-electron chi connectivity index (χ0n) is 12.2. The minimum Gasteiger partial charge on any atom is -0.497 e. The molecule has 0 aliphatic heterocycles. The molecule has 2 rings (SSSR count). The average Bonchev–Trinajstić information content (AvgIpc) is 2.53. The molecule has 0 bridgehead atoms. The van der Waals surface area contributed by atoms with E-state index in [1.807, 2.05) is 55.5 Å². The van der Waals surface area contributed by atoms with Gasteiger partial charge in [0.2, 0.25) is 0 Å². The van der Waals surface area contributed by atoms with Crippen LogP contribution in [0.15, 0.2) is 48.5 Å². The van der Waals surface area contributed by atoms with E-state index in [2.05, 4.69) is 5.32 Å². The minimum absolute atomic E-state index is 0.0145. The maximum atomic E-state index is 9.50. The van der Waals surface area contributed by atoms with Gasteiger partial charge in [-0.05, 0) is 42.0 Å². The number of hydrogen-bond donors (Lipinski definition) is 2. The molecule has 21 heavy (non-hydrogen) atoms. The van der Waals surface area contributed by atoms with Crippen molar-refractivity contribution in [2.24, 2.45) is 5.92 Å². The van der Waals surface area contributed by atoms with Crippen LogP contribution in [0.4, 0.5) is 5.69 Å². The van der Waals surface area contributed by atoms with Crippen LogP contribution in [0.2, 0.25) is 5.02 Å². The van der Waals surface area contributed by atoms with Gasteiger partial charge in [-0.25, -0.2) is 0 Å². The summed E-state index contributed by atoms with van der Waals surface area (Å²) < 4.78 is 5.16. The highest BCUT2D eigenvalue weighted by Gasteiger charge is 2.18. The van der Waals surface area contributed by atoms with Gasteiger partial charge in [-0.1, -0.05) is 30.7 Å². The highest BCUT2D eigenvalue weighted by molar-refractivity contribution is 6.30. The fraction of sp³-hybridized carbons (Fsp3) is 0.294. The van der Waals surface area contributed by atoms with Crippen molar-refractivity contribution in [2.45, 2.75) is 13.0 Å². The summed E-state index contributed by atoms with van der Waals surface area (Å²) in [5.74, 6) is 0.895. The van der Waals surface area contributed by atoms with Gasteiger partial charge in [-0.15, -0.1) is 0 Å². The fourth-order valence-corrected chi connectivity index (χ4v) is 2.32. The maximum absolute atomic E-state index is 9.50. The normalized spacial score (nSPS) is 13.5. The van der Waals surface area contributed by atoms with Gasteiger partial charge in [-0.3, -0.25) is 0 Å². The molecular weight excluding hydrogens is 286 g/mol. The van der Waals surface area contributed by atoms with Crippen molar-refractivity contribution in [2.75, 3.05) is 19.0 Å². The second-order valence-corrected chi connectivity index (χ2v) is 5.50. The van der Waals surface area contributed by atoms with Crippen LogP contribution in [-0.4, -0.2) is 18.8 Å². The lowest BCUT2D eigenvalue weighted by atomic mass is 9.95. The van der Waals surface area contributed by atoms with Gasteiger partial charge < -0.3 is 15.2 Å². The number of benzene rings is 2. The standard InChI is InChI=1S/C17H20ClNO2/c1-12(11-20)17(13-3-5-14(18)6-4-13)19-15-7-9-16(21-2)10-8-15/h3-10,12,17,19-20H,11H2,1-2H3. The SMILES string of the molecule is COc1ccc(NC(c2ccc(Cl)cc2)C(C)CO)cc1. The molecular formula is C17H20ClNO2. The first-order chi connectivity index (χ1) is 10.1. The van der Waals surface area contributed by atoms with E-state index in [0.29, 0.717) is 5.02 Å². The predicted octanol–water partition coefficient (Wildman–Crippen LogP) is 4.13. The van der Waals surface area contributed by atoms with Crippen molar-refractivity contribution in [3.05, 3.63) is 59.1 Å². The third kappa shape index (κ3) is 4.13. The van der Waals surface area contributed by atoms with Gasteiger partial charge in [0.15, 0.2) is 0 Å². The fourth-order valence-electron chi connectivity index (χ4n) is 2.20. The molecule has 0 radical (unpaired) electrons. The van der Waals surface area contributed by atoms with E-state index in [0.717, 1.165) is 17.0 Å². The number of aliphatic hydroxyl groups excluding tert-OH is 1. The number of ether oxygens (including phenoxy) is 1. The maximum Gasteiger partial charge on any atom is 0.119 e. The molecule has 2 aromatic carbocycles. The summed E-state index contributed by atoms with van der Waals surface area (Å²) in [7, 11) is 1.65. The molecule has 2 aromatic rings. The van der Waals surface area contributed by atoms with Crippen LogP contribution in [-0.2, 0) is 0 Å². The molecule has 0 aliphatic rings. The van der Waals surface area contributed by atoms with Gasteiger partial charge in [0, 0.05) is 23.2 Å². The Morgan fingerprint density at radius 3 is 2.24 bits per heavy atom. The first kappa shape index (κ1) is 15.7. The van der Waals surface area contributed by atoms with Crippen molar-refractivity contribution < 1.29 is 9.84 Å². The van der Waals surface area contributed by atoms with Gasteiger partial charge >= 0.3 is 0 Å². The molecule has 0 saturated heterocycles. The van der Waals surface area contributed by atoms with E-state index in [9.17, 15) is 5.11 Å². The number of methoxy groups -OCH3 is 1. The van der Waals surface area contributed by atoms with Gasteiger partial charge in [0.25, 0.3) is 0 Å². The van der Waals surface area contributed by atoms with Gasteiger partial charge in [-0.2, -0.15) is 0 Å². The number of aliphatic hydroxyl groups is 1. The van der Waals surface area contributed by atoms with Crippen molar-refractivity contribution >= 4 is 17.3 Å². The van der Waals surface area contributed by atoms with Crippen LogP contribution < -0.4 is 10.1 Å². The summed E-state index contributed by atoms with van der Waals surface area (Å²) >= 11 is 5.94. The number of anilines is 1. The zero-order chi connectivity index (χ0) is 15.2. The Bertz CT molecular complexity index is 554. The third-order valence-corrected chi connectivity index (χ3v) is 3.75. The Morgan fingerprint density at radius 1 is 1.10 bits per heavy atom. The van der Waals surface area contributed by atoms with E-state index in [1.165, 1.54) is 0 Å². The second-order valence-electron chi connectivity index (χ2n) is 5.06. The Morgan fingerprint density at radius 2 is 1.71 bits per heavy atom. The Kier molecular flexibility index (Phi) is 5.48. The quantitative estimate of drug-likeness (QED) is 0.843. The molecule has 0 saturated carbocycles. The number of nitrogens with one attached hydrogen (secondary N) is 1. The Balaban J connectivity index is 2.21. The van der Waals surface area contributed by atoms with Crippen LogP contribution in [0.3, 0.4) is 0 Å². The lowest BCUT2D eigenvalue weighted by Gasteiger charge is -2.25. The van der Waals surface area contributed by atoms with Crippen LogP contribution in [0.5, 0.6) is 5.75 Å². The highest BCUT2D eigenvalue weighted by atomic mass is 35.5. The Hall–Kier alpha value is -1.71. The molecule has 2 atom stereocenters.